The lowest BCUT2D eigenvalue weighted by atomic mass is 10.1. The summed E-state index contributed by atoms with van der Waals surface area (Å²) in [4.78, 5) is 2.24. The molecule has 3 heteroatoms. The first-order chi connectivity index (χ1) is 8.12. The summed E-state index contributed by atoms with van der Waals surface area (Å²) in [5, 5.41) is 3.05. The van der Waals surface area contributed by atoms with Crippen LogP contribution in [-0.4, -0.2) is 19.6 Å². The van der Waals surface area contributed by atoms with Crippen molar-refractivity contribution >= 4 is 5.69 Å². The zero-order valence-electron chi connectivity index (χ0n) is 11.3. The van der Waals surface area contributed by atoms with E-state index in [0.717, 1.165) is 24.2 Å². The molecule has 0 saturated heterocycles. The Balaban J connectivity index is 3.01. The lowest BCUT2D eigenvalue weighted by molar-refractivity contribution is 0.608. The number of nitrogens with one attached hydrogen (secondary N) is 1. The Morgan fingerprint density at radius 2 is 2.00 bits per heavy atom. The molecule has 1 aromatic rings. The van der Waals surface area contributed by atoms with Crippen LogP contribution >= 0.6 is 0 Å². The van der Waals surface area contributed by atoms with Crippen molar-refractivity contribution in [3.63, 3.8) is 0 Å². The second-order valence-electron chi connectivity index (χ2n) is 4.39. The Kier molecular flexibility index (Phi) is 5.42. The standard InChI is InChI=1S/C14H23FN2/c1-5-11(3)17(6-2)14-8-12(10-16-4)7-13(15)9-14/h7-9,11,16H,5-6,10H2,1-4H3. The Morgan fingerprint density at radius 3 is 2.53 bits per heavy atom. The molecule has 17 heavy (non-hydrogen) atoms. The number of halogens is 1. The second-order valence-corrected chi connectivity index (χ2v) is 4.39. The van der Waals surface area contributed by atoms with Crippen LogP contribution in [0, 0.1) is 5.82 Å². The van der Waals surface area contributed by atoms with Crippen LogP contribution in [0.2, 0.25) is 0 Å². The van der Waals surface area contributed by atoms with Crippen molar-refractivity contribution in [2.75, 3.05) is 18.5 Å². The molecule has 0 amide bonds. The van der Waals surface area contributed by atoms with Crippen molar-refractivity contribution in [3.8, 4) is 0 Å². The van der Waals surface area contributed by atoms with E-state index in [0.29, 0.717) is 12.6 Å². The fourth-order valence-electron chi connectivity index (χ4n) is 2.07. The highest BCUT2D eigenvalue weighted by molar-refractivity contribution is 5.49. The minimum absolute atomic E-state index is 0.158. The third-order valence-electron chi connectivity index (χ3n) is 3.12. The van der Waals surface area contributed by atoms with Gasteiger partial charge in [0.1, 0.15) is 5.82 Å². The van der Waals surface area contributed by atoms with Crippen LogP contribution in [0.3, 0.4) is 0 Å². The predicted octanol–water partition coefficient (Wildman–Crippen LogP) is 3.17. The topological polar surface area (TPSA) is 15.3 Å². The second kappa shape index (κ2) is 6.60. The summed E-state index contributed by atoms with van der Waals surface area (Å²) in [7, 11) is 1.87. The Hall–Kier alpha value is -1.09. The van der Waals surface area contributed by atoms with Crippen LogP contribution in [0.1, 0.15) is 32.8 Å². The van der Waals surface area contributed by atoms with Gasteiger partial charge in [0.15, 0.2) is 0 Å². The quantitative estimate of drug-likeness (QED) is 0.819. The zero-order chi connectivity index (χ0) is 12.8. The van der Waals surface area contributed by atoms with Gasteiger partial charge in [-0.15, -0.1) is 0 Å². The molecule has 0 radical (unpaired) electrons. The van der Waals surface area contributed by atoms with E-state index in [9.17, 15) is 4.39 Å². The summed E-state index contributed by atoms with van der Waals surface area (Å²) in [6.07, 6.45) is 1.06. The maximum atomic E-state index is 13.6. The molecule has 0 aliphatic heterocycles. The third kappa shape index (κ3) is 3.70. The monoisotopic (exact) mass is 238 g/mol. The minimum Gasteiger partial charge on any atom is -0.369 e. The molecule has 0 spiro atoms. The molecule has 0 aromatic heterocycles. The van der Waals surface area contributed by atoms with Gasteiger partial charge in [-0.3, -0.25) is 0 Å². The summed E-state index contributed by atoms with van der Waals surface area (Å²) in [5.41, 5.74) is 1.97. The van der Waals surface area contributed by atoms with Crippen LogP contribution in [-0.2, 0) is 6.54 Å². The van der Waals surface area contributed by atoms with Crippen molar-refractivity contribution in [3.05, 3.63) is 29.6 Å². The van der Waals surface area contributed by atoms with Crippen molar-refractivity contribution in [2.24, 2.45) is 0 Å². The maximum absolute atomic E-state index is 13.6. The van der Waals surface area contributed by atoms with Gasteiger partial charge in [0, 0.05) is 24.8 Å². The van der Waals surface area contributed by atoms with Crippen molar-refractivity contribution in [2.45, 2.75) is 39.8 Å². The molecular formula is C14H23FN2. The van der Waals surface area contributed by atoms with E-state index in [1.54, 1.807) is 12.1 Å². The van der Waals surface area contributed by atoms with Gasteiger partial charge in [0.25, 0.3) is 0 Å². The fourth-order valence-corrected chi connectivity index (χ4v) is 2.07. The number of anilines is 1. The number of hydrogen-bond acceptors (Lipinski definition) is 2. The molecule has 0 aliphatic carbocycles. The average Bonchev–Trinajstić information content (AvgIpc) is 2.29. The SMILES string of the molecule is CCC(C)N(CC)c1cc(F)cc(CNC)c1. The Labute approximate surface area is 104 Å². The lowest BCUT2D eigenvalue weighted by Gasteiger charge is -2.30. The van der Waals surface area contributed by atoms with Gasteiger partial charge in [0.05, 0.1) is 0 Å². The molecule has 1 aromatic carbocycles. The molecule has 1 rings (SSSR count). The molecule has 1 atom stereocenters. The largest absolute Gasteiger partial charge is 0.369 e. The average molecular weight is 238 g/mol. The van der Waals surface area contributed by atoms with Crippen LogP contribution in [0.15, 0.2) is 18.2 Å². The van der Waals surface area contributed by atoms with Crippen LogP contribution in [0.5, 0.6) is 0 Å². The van der Waals surface area contributed by atoms with E-state index < -0.39 is 0 Å². The molecule has 0 bridgehead atoms. The highest BCUT2D eigenvalue weighted by atomic mass is 19.1. The number of benzene rings is 1. The van der Waals surface area contributed by atoms with E-state index in [2.05, 4.69) is 37.1 Å². The molecule has 2 nitrogen and oxygen atoms in total. The molecule has 0 heterocycles. The summed E-state index contributed by atoms with van der Waals surface area (Å²) in [5.74, 6) is -0.158. The van der Waals surface area contributed by atoms with E-state index in [1.165, 1.54) is 0 Å². The first-order valence-corrected chi connectivity index (χ1v) is 6.33. The fraction of sp³-hybridized carbons (Fsp3) is 0.571. The first kappa shape index (κ1) is 14.0. The van der Waals surface area contributed by atoms with Crippen molar-refractivity contribution in [1.82, 2.24) is 5.32 Å². The highest BCUT2D eigenvalue weighted by Crippen LogP contribution is 2.21. The predicted molar refractivity (Wildman–Crippen MR) is 71.9 cm³/mol. The molecule has 96 valence electrons. The summed E-state index contributed by atoms with van der Waals surface area (Å²) >= 11 is 0. The van der Waals surface area contributed by atoms with Gasteiger partial charge in [0.2, 0.25) is 0 Å². The van der Waals surface area contributed by atoms with E-state index in [4.69, 9.17) is 0 Å². The normalized spacial score (nSPS) is 12.5. The van der Waals surface area contributed by atoms with Crippen LogP contribution < -0.4 is 10.2 Å². The van der Waals surface area contributed by atoms with Gasteiger partial charge in [-0.05, 0) is 51.1 Å². The molecule has 0 aliphatic rings. The van der Waals surface area contributed by atoms with Gasteiger partial charge < -0.3 is 10.2 Å². The maximum Gasteiger partial charge on any atom is 0.125 e. The lowest BCUT2D eigenvalue weighted by Crippen LogP contribution is -2.32. The van der Waals surface area contributed by atoms with Gasteiger partial charge in [-0.2, -0.15) is 0 Å². The molecular weight excluding hydrogens is 215 g/mol. The summed E-state index contributed by atoms with van der Waals surface area (Å²) in [6, 6.07) is 5.71. The van der Waals surface area contributed by atoms with Gasteiger partial charge in [-0.1, -0.05) is 6.92 Å². The molecule has 1 N–H and O–H groups in total. The van der Waals surface area contributed by atoms with Crippen LogP contribution in [0.25, 0.3) is 0 Å². The number of rotatable bonds is 6. The molecule has 0 fully saturated rings. The summed E-state index contributed by atoms with van der Waals surface area (Å²) < 4.78 is 13.6. The van der Waals surface area contributed by atoms with Gasteiger partial charge in [-0.25, -0.2) is 4.39 Å². The zero-order valence-corrected chi connectivity index (χ0v) is 11.3. The van der Waals surface area contributed by atoms with E-state index >= 15 is 0 Å². The molecule has 1 unspecified atom stereocenters. The Bertz CT molecular complexity index is 352. The smallest absolute Gasteiger partial charge is 0.125 e. The summed E-state index contributed by atoms with van der Waals surface area (Å²) in [6.45, 7) is 8.03. The number of nitrogens with zero attached hydrogens (tertiary/aromatic N) is 1. The van der Waals surface area contributed by atoms with E-state index in [-0.39, 0.29) is 5.82 Å². The first-order valence-electron chi connectivity index (χ1n) is 6.33. The van der Waals surface area contributed by atoms with Crippen molar-refractivity contribution in [1.29, 1.82) is 0 Å². The Morgan fingerprint density at radius 1 is 1.29 bits per heavy atom. The number of hydrogen-bond donors (Lipinski definition) is 1. The third-order valence-corrected chi connectivity index (χ3v) is 3.12. The van der Waals surface area contributed by atoms with E-state index in [1.807, 2.05) is 7.05 Å². The molecule has 0 saturated carbocycles. The van der Waals surface area contributed by atoms with Gasteiger partial charge >= 0.3 is 0 Å². The highest BCUT2D eigenvalue weighted by Gasteiger charge is 2.12. The minimum atomic E-state index is -0.158. The van der Waals surface area contributed by atoms with Crippen LogP contribution in [0.4, 0.5) is 10.1 Å². The van der Waals surface area contributed by atoms with Crippen molar-refractivity contribution < 1.29 is 4.39 Å².